The van der Waals surface area contributed by atoms with E-state index in [-0.39, 0.29) is 0 Å². The van der Waals surface area contributed by atoms with Crippen molar-refractivity contribution < 1.29 is 9.53 Å². The van der Waals surface area contributed by atoms with Gasteiger partial charge in [0, 0.05) is 29.6 Å². The molecule has 0 unspecified atom stereocenters. The van der Waals surface area contributed by atoms with Gasteiger partial charge in [-0.3, -0.25) is 5.32 Å². The van der Waals surface area contributed by atoms with Gasteiger partial charge in [-0.2, -0.15) is 5.10 Å². The third-order valence-electron chi connectivity index (χ3n) is 4.50. The fraction of sp³-hybridized carbons (Fsp3) is 0.261. The molecule has 4 rings (SSSR count). The van der Waals surface area contributed by atoms with Crippen LogP contribution in [0.4, 0.5) is 22.1 Å². The van der Waals surface area contributed by atoms with Crippen LogP contribution < -0.4 is 10.6 Å². The molecule has 0 aliphatic rings. The third-order valence-corrected chi connectivity index (χ3v) is 4.71. The van der Waals surface area contributed by atoms with Crippen LogP contribution in [-0.4, -0.2) is 36.3 Å². The molecular formula is C23H24ClN7O2. The van der Waals surface area contributed by atoms with E-state index in [1.165, 1.54) is 6.20 Å². The molecule has 0 spiro atoms. The average molecular weight is 466 g/mol. The molecule has 0 aliphatic carbocycles. The largest absolute Gasteiger partial charge is 0.444 e. The lowest BCUT2D eigenvalue weighted by molar-refractivity contribution is 0.0636. The van der Waals surface area contributed by atoms with Crippen LogP contribution >= 0.6 is 11.6 Å². The number of hydrogen-bond donors (Lipinski definition) is 2. The van der Waals surface area contributed by atoms with Crippen molar-refractivity contribution in [3.63, 3.8) is 0 Å². The quantitative estimate of drug-likeness (QED) is 0.380. The predicted molar refractivity (Wildman–Crippen MR) is 128 cm³/mol. The molecule has 33 heavy (non-hydrogen) atoms. The number of aryl methyl sites for hydroxylation is 2. The van der Waals surface area contributed by atoms with Crippen LogP contribution in [-0.2, 0) is 4.74 Å². The summed E-state index contributed by atoms with van der Waals surface area (Å²) in [4.78, 5) is 25.1. The second-order valence-corrected chi connectivity index (χ2v) is 8.95. The SMILES string of the molecule is Cc1cc(Nc2cc3cc(-c4cc(Cl)ncc4NC(=O)OC(C)(C)C)ccn3n2)nc(C)n1. The molecule has 0 saturated carbocycles. The van der Waals surface area contributed by atoms with Crippen molar-refractivity contribution in [2.45, 2.75) is 40.2 Å². The van der Waals surface area contributed by atoms with E-state index in [9.17, 15) is 4.79 Å². The number of carbonyl (C=O) groups excluding carboxylic acids is 1. The summed E-state index contributed by atoms with van der Waals surface area (Å²) < 4.78 is 7.11. The molecule has 0 fully saturated rings. The number of aromatic nitrogens is 5. The molecule has 0 bridgehead atoms. The van der Waals surface area contributed by atoms with Crippen LogP contribution in [0.25, 0.3) is 16.6 Å². The number of ether oxygens (including phenoxy) is 1. The van der Waals surface area contributed by atoms with Gasteiger partial charge < -0.3 is 10.1 Å². The maximum atomic E-state index is 12.3. The van der Waals surface area contributed by atoms with Gasteiger partial charge in [0.15, 0.2) is 5.82 Å². The molecule has 2 N–H and O–H groups in total. The highest BCUT2D eigenvalue weighted by Gasteiger charge is 2.18. The predicted octanol–water partition coefficient (Wildman–Crippen LogP) is 5.55. The Morgan fingerprint density at radius 1 is 1.09 bits per heavy atom. The summed E-state index contributed by atoms with van der Waals surface area (Å²) in [6.45, 7) is 9.17. The second kappa shape index (κ2) is 8.67. The van der Waals surface area contributed by atoms with Gasteiger partial charge in [-0.15, -0.1) is 0 Å². The van der Waals surface area contributed by atoms with Crippen LogP contribution in [0.5, 0.6) is 0 Å². The lowest BCUT2D eigenvalue weighted by Gasteiger charge is -2.20. The summed E-state index contributed by atoms with van der Waals surface area (Å²) >= 11 is 6.15. The fourth-order valence-electron chi connectivity index (χ4n) is 3.32. The van der Waals surface area contributed by atoms with E-state index >= 15 is 0 Å². The second-order valence-electron chi connectivity index (χ2n) is 8.56. The molecule has 0 aromatic carbocycles. The zero-order chi connectivity index (χ0) is 23.8. The normalized spacial score (nSPS) is 11.5. The number of anilines is 3. The van der Waals surface area contributed by atoms with E-state index in [0.29, 0.717) is 33.9 Å². The smallest absolute Gasteiger partial charge is 0.412 e. The number of halogens is 1. The molecule has 0 radical (unpaired) electrons. The molecule has 4 aromatic heterocycles. The minimum absolute atomic E-state index is 0.310. The van der Waals surface area contributed by atoms with Gasteiger partial charge in [0.25, 0.3) is 0 Å². The summed E-state index contributed by atoms with van der Waals surface area (Å²) in [5.41, 5.74) is 3.12. The number of hydrogen-bond acceptors (Lipinski definition) is 7. The van der Waals surface area contributed by atoms with Crippen molar-refractivity contribution in [3.05, 3.63) is 59.4 Å². The molecular weight excluding hydrogens is 442 g/mol. The van der Waals surface area contributed by atoms with E-state index in [0.717, 1.165) is 16.8 Å². The highest BCUT2D eigenvalue weighted by Crippen LogP contribution is 2.31. The summed E-state index contributed by atoms with van der Waals surface area (Å²) in [5, 5.41) is 10.8. The topological polar surface area (TPSA) is 106 Å². The van der Waals surface area contributed by atoms with Crippen LogP contribution in [0.2, 0.25) is 5.15 Å². The average Bonchev–Trinajstić information content (AvgIpc) is 3.08. The van der Waals surface area contributed by atoms with Gasteiger partial charge in [-0.25, -0.2) is 24.3 Å². The van der Waals surface area contributed by atoms with Gasteiger partial charge >= 0.3 is 6.09 Å². The Balaban J connectivity index is 1.65. The Labute approximate surface area is 196 Å². The molecule has 10 heteroatoms. The standard InChI is InChI=1S/C23H24ClN7O2/c1-13-8-20(27-14(2)26-13)29-21-10-16-9-15(6-7-31(16)30-21)17-11-19(24)25-12-18(17)28-22(32)33-23(3,4)5/h6-12H,1-5H3,(H,28,32)(H,26,27,29,30). The van der Waals surface area contributed by atoms with Crippen molar-refractivity contribution in [1.29, 1.82) is 0 Å². The Morgan fingerprint density at radius 2 is 1.88 bits per heavy atom. The zero-order valence-electron chi connectivity index (χ0n) is 19.0. The van der Waals surface area contributed by atoms with E-state index < -0.39 is 11.7 Å². The Morgan fingerprint density at radius 3 is 2.61 bits per heavy atom. The zero-order valence-corrected chi connectivity index (χ0v) is 19.7. The van der Waals surface area contributed by atoms with Gasteiger partial charge in [0.2, 0.25) is 0 Å². The fourth-order valence-corrected chi connectivity index (χ4v) is 3.48. The van der Waals surface area contributed by atoms with Crippen molar-refractivity contribution >= 4 is 40.5 Å². The van der Waals surface area contributed by atoms with Crippen LogP contribution in [0, 0.1) is 13.8 Å². The molecule has 4 heterocycles. The maximum Gasteiger partial charge on any atom is 0.412 e. The Kier molecular flexibility index (Phi) is 5.90. The molecule has 4 aromatic rings. The minimum Gasteiger partial charge on any atom is -0.444 e. The van der Waals surface area contributed by atoms with Crippen molar-refractivity contribution in [1.82, 2.24) is 24.6 Å². The van der Waals surface area contributed by atoms with Crippen LogP contribution in [0.3, 0.4) is 0 Å². The monoisotopic (exact) mass is 465 g/mol. The van der Waals surface area contributed by atoms with E-state index in [1.807, 2.05) is 44.3 Å². The van der Waals surface area contributed by atoms with E-state index in [1.54, 1.807) is 31.4 Å². The number of nitrogens with zero attached hydrogens (tertiary/aromatic N) is 5. The summed E-state index contributed by atoms with van der Waals surface area (Å²) in [6, 6.07) is 9.29. The van der Waals surface area contributed by atoms with Crippen molar-refractivity contribution in [2.75, 3.05) is 10.6 Å². The highest BCUT2D eigenvalue weighted by atomic mass is 35.5. The number of fused-ring (bicyclic) bond motifs is 1. The molecule has 0 saturated heterocycles. The highest BCUT2D eigenvalue weighted by molar-refractivity contribution is 6.29. The summed E-state index contributed by atoms with van der Waals surface area (Å²) in [5.74, 6) is 2.00. The van der Waals surface area contributed by atoms with Crippen LogP contribution in [0.15, 0.2) is 42.7 Å². The molecule has 1 amide bonds. The first-order valence-electron chi connectivity index (χ1n) is 10.3. The lowest BCUT2D eigenvalue weighted by Crippen LogP contribution is -2.27. The van der Waals surface area contributed by atoms with Gasteiger partial charge in [-0.1, -0.05) is 11.6 Å². The Bertz CT molecular complexity index is 1320. The minimum atomic E-state index is -0.620. The number of rotatable bonds is 4. The first-order valence-corrected chi connectivity index (χ1v) is 10.7. The third kappa shape index (κ3) is 5.56. The number of amides is 1. The van der Waals surface area contributed by atoms with E-state index in [2.05, 4.69) is 30.7 Å². The molecule has 0 aliphatic heterocycles. The lowest BCUT2D eigenvalue weighted by atomic mass is 10.1. The molecule has 0 atom stereocenters. The number of carbonyl (C=O) groups is 1. The van der Waals surface area contributed by atoms with Crippen molar-refractivity contribution in [3.8, 4) is 11.1 Å². The maximum absolute atomic E-state index is 12.3. The van der Waals surface area contributed by atoms with Gasteiger partial charge in [0.1, 0.15) is 22.4 Å². The molecule has 170 valence electrons. The van der Waals surface area contributed by atoms with Crippen LogP contribution in [0.1, 0.15) is 32.3 Å². The van der Waals surface area contributed by atoms with E-state index in [4.69, 9.17) is 16.3 Å². The number of nitrogens with one attached hydrogen (secondary N) is 2. The van der Waals surface area contributed by atoms with Crippen molar-refractivity contribution in [2.24, 2.45) is 0 Å². The Hall–Kier alpha value is -3.72. The summed E-state index contributed by atoms with van der Waals surface area (Å²) in [6.07, 6.45) is 2.77. The first-order chi connectivity index (χ1) is 15.6. The molecule has 9 nitrogen and oxygen atoms in total. The summed E-state index contributed by atoms with van der Waals surface area (Å²) in [7, 11) is 0. The first kappa shape index (κ1) is 22.5. The number of pyridine rings is 2. The van der Waals surface area contributed by atoms with Gasteiger partial charge in [-0.05, 0) is 58.4 Å². The van der Waals surface area contributed by atoms with Gasteiger partial charge in [0.05, 0.1) is 17.4 Å².